The second kappa shape index (κ2) is 19.4. The van der Waals surface area contributed by atoms with Crippen molar-refractivity contribution in [1.29, 1.82) is 0 Å². The topological polar surface area (TPSA) is 79.5 Å². The lowest BCUT2D eigenvalue weighted by atomic mass is 9.67. The molecule has 2 aliphatic heterocycles. The van der Waals surface area contributed by atoms with Crippen LogP contribution in [0.1, 0.15) is 33.4 Å². The smallest absolute Gasteiger partial charge is 0.159 e. The summed E-state index contributed by atoms with van der Waals surface area (Å²) in [4.78, 5) is 17.7. The molecule has 0 saturated heterocycles. The highest BCUT2D eigenvalue weighted by atomic mass is 16.5. The monoisotopic (exact) mass is 1060 g/mol. The van der Waals surface area contributed by atoms with Crippen LogP contribution >= 0.6 is 0 Å². The number of nitrogens with zero attached hydrogens (tertiary/aromatic N) is 4. The average Bonchev–Trinajstić information content (AvgIpc) is 1.69. The number of hydrogen-bond donors (Lipinski definition) is 0. The summed E-state index contributed by atoms with van der Waals surface area (Å²) < 4.78 is 25.5. The fraction of sp³-hybridized carbons (Fsp3) is 0.0676. The number of benzene rings is 11. The van der Waals surface area contributed by atoms with E-state index in [4.69, 9.17) is 33.9 Å². The molecule has 0 amide bonds. The lowest BCUT2D eigenvalue weighted by molar-refractivity contribution is 0.414. The Kier molecular flexibility index (Phi) is 11.5. The van der Waals surface area contributed by atoms with Crippen LogP contribution < -0.4 is 18.9 Å². The molecule has 0 saturated carbocycles. The molecule has 3 heterocycles. The minimum atomic E-state index is -1.18. The molecule has 1 unspecified atom stereocenters. The number of methoxy groups -OCH3 is 4. The van der Waals surface area contributed by atoms with Gasteiger partial charge in [0.15, 0.2) is 5.82 Å². The van der Waals surface area contributed by atoms with Crippen LogP contribution in [0.15, 0.2) is 264 Å². The Balaban J connectivity index is 1.14. The zero-order valence-electron chi connectivity index (χ0n) is 45.5. The SMILES string of the molecule is COc1ccc(C2=NC(=C3C=C(c4ccc5ccccc5c4)c4ccccc4C34c3c(cc(-c5ccc6ccccc6c5)c5ccccc35)-c3nc(-c5ccc(OC)cc5)c(-c5ccc(OC)cc5)n34)N=C2c2ccc(OC)cc2)cc1. The predicted octanol–water partition coefficient (Wildman–Crippen LogP) is 16.8. The zero-order chi connectivity index (χ0) is 55.1. The second-order valence-corrected chi connectivity index (χ2v) is 20.9. The summed E-state index contributed by atoms with van der Waals surface area (Å²) in [5, 5.41) is 6.88. The van der Waals surface area contributed by atoms with Crippen molar-refractivity contribution in [3.05, 3.63) is 287 Å². The summed E-state index contributed by atoms with van der Waals surface area (Å²) in [6.07, 6.45) is 2.38. The maximum atomic E-state index is 5.97. The van der Waals surface area contributed by atoms with Crippen molar-refractivity contribution in [3.8, 4) is 68.0 Å². The quantitative estimate of drug-likeness (QED) is 0.136. The third kappa shape index (κ3) is 7.56. The maximum Gasteiger partial charge on any atom is 0.159 e. The summed E-state index contributed by atoms with van der Waals surface area (Å²) in [5.74, 6) is 4.39. The first-order valence-corrected chi connectivity index (χ1v) is 27.4. The molecular formula is C74H52N4O4. The lowest BCUT2D eigenvalue weighted by Gasteiger charge is -2.42. The predicted molar refractivity (Wildman–Crippen MR) is 332 cm³/mol. The molecule has 1 aromatic heterocycles. The Morgan fingerprint density at radius 3 is 1.41 bits per heavy atom. The first kappa shape index (κ1) is 48.5. The van der Waals surface area contributed by atoms with Crippen molar-refractivity contribution >= 4 is 49.3 Å². The van der Waals surface area contributed by atoms with Gasteiger partial charge in [0.25, 0.3) is 0 Å². The first-order chi connectivity index (χ1) is 40.4. The highest BCUT2D eigenvalue weighted by Crippen LogP contribution is 2.62. The van der Waals surface area contributed by atoms with E-state index in [9.17, 15) is 0 Å². The van der Waals surface area contributed by atoms with Gasteiger partial charge in [0, 0.05) is 39.0 Å². The number of rotatable bonds is 10. The van der Waals surface area contributed by atoms with Crippen LogP contribution in [0.4, 0.5) is 0 Å². The van der Waals surface area contributed by atoms with E-state index in [1.807, 2.05) is 48.5 Å². The van der Waals surface area contributed by atoms with Gasteiger partial charge in [-0.15, -0.1) is 0 Å². The normalized spacial score (nSPS) is 15.0. The Labute approximate surface area is 474 Å². The molecule has 1 atom stereocenters. The molecule has 8 nitrogen and oxygen atoms in total. The van der Waals surface area contributed by atoms with Gasteiger partial charge in [-0.2, -0.15) is 0 Å². The molecule has 1 aliphatic carbocycles. The summed E-state index contributed by atoms with van der Waals surface area (Å²) >= 11 is 0. The van der Waals surface area contributed by atoms with Crippen molar-refractivity contribution in [1.82, 2.24) is 9.55 Å². The molecule has 8 heteroatoms. The molecule has 82 heavy (non-hydrogen) atoms. The number of fused-ring (bicyclic) bond motifs is 11. The van der Waals surface area contributed by atoms with Crippen LogP contribution in [-0.4, -0.2) is 49.4 Å². The molecule has 0 radical (unpaired) electrons. The van der Waals surface area contributed by atoms with Gasteiger partial charge < -0.3 is 23.5 Å². The van der Waals surface area contributed by atoms with Gasteiger partial charge in [-0.25, -0.2) is 15.0 Å². The summed E-state index contributed by atoms with van der Waals surface area (Å²) in [6.45, 7) is 0. The van der Waals surface area contributed by atoms with Crippen LogP contribution in [0.3, 0.4) is 0 Å². The van der Waals surface area contributed by atoms with E-state index in [1.54, 1.807) is 28.4 Å². The molecule has 15 rings (SSSR count). The van der Waals surface area contributed by atoms with Crippen LogP contribution in [0.2, 0.25) is 0 Å². The van der Waals surface area contributed by atoms with Gasteiger partial charge in [-0.1, -0.05) is 121 Å². The van der Waals surface area contributed by atoms with Gasteiger partial charge in [0.1, 0.15) is 34.4 Å². The van der Waals surface area contributed by atoms with Gasteiger partial charge in [0.05, 0.1) is 51.3 Å². The highest BCUT2D eigenvalue weighted by molar-refractivity contribution is 6.55. The third-order valence-electron chi connectivity index (χ3n) is 16.6. The van der Waals surface area contributed by atoms with E-state index in [1.165, 1.54) is 16.2 Å². The van der Waals surface area contributed by atoms with E-state index >= 15 is 0 Å². The van der Waals surface area contributed by atoms with Gasteiger partial charge in [-0.3, -0.25) is 0 Å². The van der Waals surface area contributed by atoms with Crippen molar-refractivity contribution < 1.29 is 18.9 Å². The number of aliphatic imine (C=N–C) groups is 2. The molecule has 0 N–H and O–H groups in total. The van der Waals surface area contributed by atoms with Crippen molar-refractivity contribution in [2.24, 2.45) is 9.98 Å². The largest absolute Gasteiger partial charge is 0.497 e. The van der Waals surface area contributed by atoms with Crippen molar-refractivity contribution in [3.63, 3.8) is 0 Å². The van der Waals surface area contributed by atoms with Crippen LogP contribution in [-0.2, 0) is 5.54 Å². The van der Waals surface area contributed by atoms with E-state index in [-0.39, 0.29) is 0 Å². The second-order valence-electron chi connectivity index (χ2n) is 20.9. The number of aromatic nitrogens is 2. The molecule has 11 aromatic carbocycles. The van der Waals surface area contributed by atoms with Gasteiger partial charge in [-0.05, 0) is 187 Å². The number of allylic oxidation sites excluding steroid dienone is 2. The van der Waals surface area contributed by atoms with E-state index in [2.05, 4.69) is 199 Å². The van der Waals surface area contributed by atoms with E-state index < -0.39 is 5.54 Å². The summed E-state index contributed by atoms with van der Waals surface area (Å²) in [5.41, 5.74) is 15.2. The molecular weight excluding hydrogens is 1010 g/mol. The summed E-state index contributed by atoms with van der Waals surface area (Å²) in [6, 6.07) is 83.8. The van der Waals surface area contributed by atoms with Gasteiger partial charge >= 0.3 is 0 Å². The Morgan fingerprint density at radius 1 is 0.378 bits per heavy atom. The zero-order valence-corrected chi connectivity index (χ0v) is 45.5. The molecule has 3 aliphatic rings. The van der Waals surface area contributed by atoms with Crippen molar-refractivity contribution in [2.75, 3.05) is 28.4 Å². The van der Waals surface area contributed by atoms with E-state index in [0.29, 0.717) is 5.82 Å². The highest BCUT2D eigenvalue weighted by Gasteiger charge is 2.55. The maximum absolute atomic E-state index is 5.97. The Morgan fingerprint density at radius 2 is 0.841 bits per heavy atom. The standard InChI is InChI=1S/C74H52N4O4/c1-79-55-33-25-47(26-34-55)68-69(48-27-35-56(80-2)36-28-48)76-72(75-68)66-44-63(54-24-22-46-14-6-8-16-52(46)42-54)60-18-11-12-20-65(60)74(66)67-61-19-10-9-17-59(61)62(53-23-21-45-13-5-7-15-51(45)41-53)43-64(67)73-77-70(49-29-37-57(81-3)38-30-49)71(78(73)74)50-31-39-58(82-4)40-32-50/h5-44H,1-4H3. The minimum Gasteiger partial charge on any atom is -0.497 e. The number of hydrogen-bond acceptors (Lipinski definition) is 7. The third-order valence-corrected chi connectivity index (χ3v) is 16.6. The lowest BCUT2D eigenvalue weighted by Crippen LogP contribution is -2.39. The number of imidazole rings is 1. The van der Waals surface area contributed by atoms with Crippen LogP contribution in [0.5, 0.6) is 23.0 Å². The fourth-order valence-electron chi connectivity index (χ4n) is 12.7. The van der Waals surface area contributed by atoms with E-state index in [0.717, 1.165) is 140 Å². The molecule has 12 aromatic rings. The fourth-order valence-corrected chi connectivity index (χ4v) is 12.7. The van der Waals surface area contributed by atoms with Crippen molar-refractivity contribution in [2.45, 2.75) is 5.54 Å². The first-order valence-electron chi connectivity index (χ1n) is 27.4. The molecule has 1 spiro atoms. The molecule has 0 bridgehead atoms. The summed E-state index contributed by atoms with van der Waals surface area (Å²) in [7, 11) is 6.78. The molecule has 0 fully saturated rings. The van der Waals surface area contributed by atoms with Crippen LogP contribution in [0, 0.1) is 0 Å². The molecule has 392 valence electrons. The average molecular weight is 1060 g/mol. The van der Waals surface area contributed by atoms with Crippen LogP contribution in [0.25, 0.3) is 82.9 Å². The Bertz CT molecular complexity index is 4640. The Hall–Kier alpha value is -10.6. The van der Waals surface area contributed by atoms with Gasteiger partial charge in [0.2, 0.25) is 0 Å². The minimum absolute atomic E-state index is 0.575. The number of ether oxygens (including phenoxy) is 4.